The summed E-state index contributed by atoms with van der Waals surface area (Å²) in [7, 11) is 0. The highest BCUT2D eigenvalue weighted by atomic mass is 14.9. The third-order valence-electron chi connectivity index (χ3n) is 3.73. The first-order chi connectivity index (χ1) is 9.17. The fourth-order valence-corrected chi connectivity index (χ4v) is 2.30. The first-order valence-electron chi connectivity index (χ1n) is 6.73. The summed E-state index contributed by atoms with van der Waals surface area (Å²) >= 11 is 0. The topological polar surface area (TPSA) is 28.7 Å². The fourth-order valence-electron chi connectivity index (χ4n) is 2.30. The molecule has 3 aromatic rings. The molecule has 96 valence electrons. The zero-order chi connectivity index (χ0) is 13.4. The number of hydrogen-bond donors (Lipinski definition) is 1. The summed E-state index contributed by atoms with van der Waals surface area (Å²) in [5, 5.41) is 0. The molecule has 1 aromatic heterocycles. The third-order valence-corrected chi connectivity index (χ3v) is 3.73. The monoisotopic (exact) mass is 250 g/mol. The van der Waals surface area contributed by atoms with Crippen molar-refractivity contribution in [1.82, 2.24) is 9.97 Å². The van der Waals surface area contributed by atoms with Gasteiger partial charge in [-0.25, -0.2) is 4.98 Å². The molecule has 1 N–H and O–H groups in total. The number of H-pyrrole nitrogens is 1. The molecule has 0 aliphatic heterocycles. The van der Waals surface area contributed by atoms with Crippen molar-refractivity contribution < 1.29 is 0 Å². The van der Waals surface area contributed by atoms with Gasteiger partial charge in [0.15, 0.2) is 0 Å². The number of aromatic amines is 1. The van der Waals surface area contributed by atoms with Crippen molar-refractivity contribution in [3.63, 3.8) is 0 Å². The van der Waals surface area contributed by atoms with Gasteiger partial charge in [-0.2, -0.15) is 0 Å². The van der Waals surface area contributed by atoms with Crippen molar-refractivity contribution in [1.29, 1.82) is 0 Å². The molecular formula is C17H18N2. The van der Waals surface area contributed by atoms with Gasteiger partial charge in [-0.1, -0.05) is 31.2 Å². The highest BCUT2D eigenvalue weighted by molar-refractivity contribution is 5.80. The van der Waals surface area contributed by atoms with Crippen LogP contribution >= 0.6 is 0 Å². The Labute approximate surface area is 113 Å². The maximum atomic E-state index is 4.68. The van der Waals surface area contributed by atoms with Gasteiger partial charge in [-0.15, -0.1) is 0 Å². The van der Waals surface area contributed by atoms with Crippen molar-refractivity contribution in [3.8, 4) is 11.4 Å². The smallest absolute Gasteiger partial charge is 0.138 e. The van der Waals surface area contributed by atoms with E-state index < -0.39 is 0 Å². The molecule has 3 rings (SSSR count). The van der Waals surface area contributed by atoms with E-state index in [2.05, 4.69) is 67.1 Å². The van der Waals surface area contributed by atoms with Gasteiger partial charge in [-0.3, -0.25) is 0 Å². The van der Waals surface area contributed by atoms with Crippen LogP contribution in [0, 0.1) is 13.8 Å². The van der Waals surface area contributed by atoms with E-state index in [0.717, 1.165) is 28.8 Å². The number of rotatable bonds is 2. The van der Waals surface area contributed by atoms with E-state index in [4.69, 9.17) is 0 Å². The van der Waals surface area contributed by atoms with Gasteiger partial charge in [-0.05, 0) is 49.1 Å². The van der Waals surface area contributed by atoms with E-state index >= 15 is 0 Å². The molecule has 2 nitrogen and oxygen atoms in total. The molecule has 0 aliphatic carbocycles. The first kappa shape index (κ1) is 12.0. The molecule has 19 heavy (non-hydrogen) atoms. The predicted molar refractivity (Wildman–Crippen MR) is 80.4 cm³/mol. The summed E-state index contributed by atoms with van der Waals surface area (Å²) in [6.07, 6.45) is 1.07. The van der Waals surface area contributed by atoms with Gasteiger partial charge in [0.05, 0.1) is 11.0 Å². The van der Waals surface area contributed by atoms with E-state index in [9.17, 15) is 0 Å². The number of aryl methyl sites for hydroxylation is 3. The number of nitrogens with zero attached hydrogens (tertiary/aromatic N) is 1. The van der Waals surface area contributed by atoms with E-state index in [1.54, 1.807) is 0 Å². The Hall–Kier alpha value is -2.09. The number of nitrogens with one attached hydrogen (secondary N) is 1. The lowest BCUT2D eigenvalue weighted by atomic mass is 10.1. The maximum Gasteiger partial charge on any atom is 0.138 e. The minimum Gasteiger partial charge on any atom is -0.338 e. The Kier molecular flexibility index (Phi) is 2.86. The van der Waals surface area contributed by atoms with E-state index in [0.29, 0.717) is 0 Å². The Balaban J connectivity index is 2.09. The molecule has 0 unspecified atom stereocenters. The van der Waals surface area contributed by atoms with E-state index in [1.807, 2.05) is 0 Å². The van der Waals surface area contributed by atoms with Crippen molar-refractivity contribution >= 4 is 11.0 Å². The van der Waals surface area contributed by atoms with Gasteiger partial charge >= 0.3 is 0 Å². The van der Waals surface area contributed by atoms with Crippen LogP contribution < -0.4 is 0 Å². The number of imidazole rings is 1. The van der Waals surface area contributed by atoms with Crippen molar-refractivity contribution in [3.05, 3.63) is 53.1 Å². The Morgan fingerprint density at radius 2 is 1.68 bits per heavy atom. The molecule has 0 saturated heterocycles. The molecule has 0 saturated carbocycles. The molecule has 0 fully saturated rings. The van der Waals surface area contributed by atoms with Gasteiger partial charge in [0.1, 0.15) is 5.82 Å². The summed E-state index contributed by atoms with van der Waals surface area (Å²) in [6, 6.07) is 12.9. The summed E-state index contributed by atoms with van der Waals surface area (Å²) in [4.78, 5) is 8.09. The van der Waals surface area contributed by atoms with Crippen LogP contribution in [-0.2, 0) is 6.42 Å². The molecule has 2 heteroatoms. The zero-order valence-corrected chi connectivity index (χ0v) is 11.6. The second-order valence-electron chi connectivity index (χ2n) is 5.09. The second kappa shape index (κ2) is 4.54. The highest BCUT2D eigenvalue weighted by Crippen LogP contribution is 2.23. The van der Waals surface area contributed by atoms with Crippen LogP contribution in [0.15, 0.2) is 36.4 Å². The summed E-state index contributed by atoms with van der Waals surface area (Å²) in [6.45, 7) is 6.42. The minimum atomic E-state index is 0.947. The quantitative estimate of drug-likeness (QED) is 0.717. The Morgan fingerprint density at radius 3 is 2.37 bits per heavy atom. The zero-order valence-electron chi connectivity index (χ0n) is 11.6. The highest BCUT2D eigenvalue weighted by Gasteiger charge is 2.06. The lowest BCUT2D eigenvalue weighted by Gasteiger charge is -1.98. The predicted octanol–water partition coefficient (Wildman–Crippen LogP) is 4.41. The number of hydrogen-bond acceptors (Lipinski definition) is 1. The van der Waals surface area contributed by atoms with Crippen molar-refractivity contribution in [2.45, 2.75) is 27.2 Å². The van der Waals surface area contributed by atoms with Crippen LogP contribution in [0.1, 0.15) is 23.6 Å². The summed E-state index contributed by atoms with van der Waals surface area (Å²) < 4.78 is 0. The summed E-state index contributed by atoms with van der Waals surface area (Å²) in [5.74, 6) is 0.947. The van der Waals surface area contributed by atoms with Crippen LogP contribution in [0.5, 0.6) is 0 Å². The number of benzene rings is 2. The molecule has 0 atom stereocenters. The van der Waals surface area contributed by atoms with Crippen LogP contribution in [0.25, 0.3) is 22.4 Å². The molecule has 0 bridgehead atoms. The average molecular weight is 250 g/mol. The molecule has 1 heterocycles. The Bertz CT molecular complexity index is 682. The van der Waals surface area contributed by atoms with Crippen molar-refractivity contribution in [2.24, 2.45) is 0 Å². The van der Waals surface area contributed by atoms with Gasteiger partial charge < -0.3 is 4.98 Å². The van der Waals surface area contributed by atoms with Gasteiger partial charge in [0.2, 0.25) is 0 Å². The van der Waals surface area contributed by atoms with Crippen LogP contribution in [-0.4, -0.2) is 9.97 Å². The lowest BCUT2D eigenvalue weighted by Crippen LogP contribution is -1.82. The average Bonchev–Trinajstić information content (AvgIpc) is 2.82. The first-order valence-corrected chi connectivity index (χ1v) is 6.73. The van der Waals surface area contributed by atoms with Gasteiger partial charge in [0, 0.05) is 5.56 Å². The van der Waals surface area contributed by atoms with Crippen LogP contribution in [0.2, 0.25) is 0 Å². The summed E-state index contributed by atoms with van der Waals surface area (Å²) in [5.41, 5.74) is 7.22. The molecule has 0 aliphatic rings. The number of fused-ring (bicyclic) bond motifs is 1. The fraction of sp³-hybridized carbons (Fsp3) is 0.235. The standard InChI is InChI=1S/C17H18N2/c1-4-13-5-7-14(8-6-13)17-18-15-9-11(2)12(3)10-16(15)19-17/h5-10H,4H2,1-3H3,(H,18,19). The van der Waals surface area contributed by atoms with E-state index in [1.165, 1.54) is 16.7 Å². The number of aromatic nitrogens is 2. The lowest BCUT2D eigenvalue weighted by molar-refractivity contribution is 1.14. The molecule has 0 radical (unpaired) electrons. The van der Waals surface area contributed by atoms with Crippen LogP contribution in [0.4, 0.5) is 0 Å². The van der Waals surface area contributed by atoms with Crippen molar-refractivity contribution in [2.75, 3.05) is 0 Å². The molecule has 0 spiro atoms. The SMILES string of the molecule is CCc1ccc(-c2nc3cc(C)c(C)cc3[nH]2)cc1. The van der Waals surface area contributed by atoms with Crippen LogP contribution in [0.3, 0.4) is 0 Å². The maximum absolute atomic E-state index is 4.68. The molecule has 0 amide bonds. The molecule has 2 aromatic carbocycles. The minimum absolute atomic E-state index is 0.947. The molecular weight excluding hydrogens is 232 g/mol. The largest absolute Gasteiger partial charge is 0.338 e. The third kappa shape index (κ3) is 2.14. The normalized spacial score (nSPS) is 11.1. The second-order valence-corrected chi connectivity index (χ2v) is 5.09. The Morgan fingerprint density at radius 1 is 1.00 bits per heavy atom. The van der Waals surface area contributed by atoms with E-state index in [-0.39, 0.29) is 0 Å². The van der Waals surface area contributed by atoms with Gasteiger partial charge in [0.25, 0.3) is 0 Å².